The van der Waals surface area contributed by atoms with Crippen LogP contribution in [-0.2, 0) is 9.59 Å². The van der Waals surface area contributed by atoms with E-state index in [1.807, 2.05) is 69.3 Å². The first-order chi connectivity index (χ1) is 14.5. The van der Waals surface area contributed by atoms with E-state index in [0.717, 1.165) is 33.9 Å². The molecule has 0 saturated heterocycles. The van der Waals surface area contributed by atoms with Gasteiger partial charge in [-0.25, -0.2) is 5.43 Å². The first kappa shape index (κ1) is 21.0. The molecule has 0 atom stereocenters. The van der Waals surface area contributed by atoms with Gasteiger partial charge in [-0.2, -0.15) is 5.10 Å². The van der Waals surface area contributed by atoms with Crippen molar-refractivity contribution in [1.29, 1.82) is 0 Å². The zero-order valence-electron chi connectivity index (χ0n) is 17.4. The molecule has 0 heterocycles. The maximum atomic E-state index is 12.1. The van der Waals surface area contributed by atoms with Crippen LogP contribution in [-0.4, -0.2) is 24.6 Å². The molecule has 0 radical (unpaired) electrons. The van der Waals surface area contributed by atoms with Gasteiger partial charge in [-0.15, -0.1) is 0 Å². The first-order valence-electron chi connectivity index (χ1n) is 9.85. The summed E-state index contributed by atoms with van der Waals surface area (Å²) in [5.41, 5.74) is 5.74. The van der Waals surface area contributed by atoms with Gasteiger partial charge in [0.25, 0.3) is 0 Å². The van der Waals surface area contributed by atoms with Gasteiger partial charge in [-0.05, 0) is 60.4 Å². The molecule has 0 aromatic heterocycles. The highest BCUT2D eigenvalue weighted by atomic mass is 16.5. The number of hydrazone groups is 1. The van der Waals surface area contributed by atoms with Crippen molar-refractivity contribution in [3.05, 3.63) is 71.3 Å². The fourth-order valence-corrected chi connectivity index (χ4v) is 2.96. The summed E-state index contributed by atoms with van der Waals surface area (Å²) in [5.74, 6) is -0.954. The molecule has 0 aliphatic rings. The highest BCUT2D eigenvalue weighted by Crippen LogP contribution is 2.26. The van der Waals surface area contributed by atoms with Crippen LogP contribution in [0, 0.1) is 13.8 Å². The molecule has 3 rings (SSSR count). The van der Waals surface area contributed by atoms with Crippen LogP contribution in [0.25, 0.3) is 10.8 Å². The smallest absolute Gasteiger partial charge is 0.329 e. The molecule has 0 saturated carbocycles. The lowest BCUT2D eigenvalue weighted by Crippen LogP contribution is -2.32. The first-order valence-corrected chi connectivity index (χ1v) is 9.85. The van der Waals surface area contributed by atoms with Crippen LogP contribution in [0.15, 0.2) is 59.7 Å². The normalized spacial score (nSPS) is 10.9. The third-order valence-electron chi connectivity index (χ3n) is 4.72. The Kier molecular flexibility index (Phi) is 6.80. The van der Waals surface area contributed by atoms with Crippen LogP contribution >= 0.6 is 0 Å². The van der Waals surface area contributed by atoms with E-state index >= 15 is 0 Å². The quantitative estimate of drug-likeness (QED) is 0.365. The Hall–Kier alpha value is -3.67. The van der Waals surface area contributed by atoms with Gasteiger partial charge in [0.1, 0.15) is 5.75 Å². The van der Waals surface area contributed by atoms with Gasteiger partial charge < -0.3 is 10.1 Å². The van der Waals surface area contributed by atoms with E-state index in [1.54, 1.807) is 6.07 Å². The minimum Gasteiger partial charge on any atom is -0.493 e. The van der Waals surface area contributed by atoms with Gasteiger partial charge in [0.2, 0.25) is 0 Å². The van der Waals surface area contributed by atoms with Crippen molar-refractivity contribution >= 4 is 34.5 Å². The Bertz CT molecular complexity index is 1110. The van der Waals surface area contributed by atoms with Gasteiger partial charge in [0.05, 0.1) is 12.8 Å². The van der Waals surface area contributed by atoms with Crippen LogP contribution in [0.5, 0.6) is 5.75 Å². The number of nitrogens with zero attached hydrogens (tertiary/aromatic N) is 1. The summed E-state index contributed by atoms with van der Waals surface area (Å²) in [7, 11) is 0. The number of ether oxygens (including phenoxy) is 1. The van der Waals surface area contributed by atoms with E-state index in [2.05, 4.69) is 15.8 Å². The number of amides is 2. The Labute approximate surface area is 175 Å². The SMILES string of the molecule is CCCOc1ccc2ccccc2c1/C=N\NC(=O)C(=O)Nc1ccc(C)c(C)c1. The average Bonchev–Trinajstić information content (AvgIpc) is 2.75. The zero-order valence-corrected chi connectivity index (χ0v) is 17.4. The third-order valence-corrected chi connectivity index (χ3v) is 4.72. The van der Waals surface area contributed by atoms with Crippen LogP contribution in [0.3, 0.4) is 0 Å². The maximum absolute atomic E-state index is 12.1. The second-order valence-corrected chi connectivity index (χ2v) is 7.00. The number of hydrogen-bond acceptors (Lipinski definition) is 4. The Morgan fingerprint density at radius 3 is 2.57 bits per heavy atom. The topological polar surface area (TPSA) is 79.8 Å². The van der Waals surface area contributed by atoms with Crippen molar-refractivity contribution in [1.82, 2.24) is 5.43 Å². The highest BCUT2D eigenvalue weighted by Gasteiger charge is 2.13. The molecule has 3 aromatic rings. The van der Waals surface area contributed by atoms with Gasteiger partial charge in [-0.3, -0.25) is 9.59 Å². The molecule has 30 heavy (non-hydrogen) atoms. The summed E-state index contributed by atoms with van der Waals surface area (Å²) in [6.07, 6.45) is 2.38. The number of fused-ring (bicyclic) bond motifs is 1. The standard InChI is InChI=1S/C24H25N3O3/c1-4-13-30-22-12-10-18-7-5-6-8-20(18)21(22)15-25-27-24(29)23(28)26-19-11-9-16(2)17(3)14-19/h5-12,14-15H,4,13H2,1-3H3,(H,26,28)(H,27,29)/b25-15-. The number of carbonyl (C=O) groups excluding carboxylic acids is 2. The largest absolute Gasteiger partial charge is 0.493 e. The van der Waals surface area contributed by atoms with E-state index in [1.165, 1.54) is 6.21 Å². The summed E-state index contributed by atoms with van der Waals surface area (Å²) in [6, 6.07) is 17.2. The minimum atomic E-state index is -0.847. The molecule has 0 fully saturated rings. The Morgan fingerprint density at radius 1 is 1.00 bits per heavy atom. The molecular formula is C24H25N3O3. The van der Waals surface area contributed by atoms with Crippen LogP contribution < -0.4 is 15.5 Å². The van der Waals surface area contributed by atoms with Crippen molar-refractivity contribution < 1.29 is 14.3 Å². The van der Waals surface area contributed by atoms with Crippen molar-refractivity contribution in [2.75, 3.05) is 11.9 Å². The lowest BCUT2D eigenvalue weighted by Gasteiger charge is -2.11. The van der Waals surface area contributed by atoms with Crippen molar-refractivity contribution in [2.45, 2.75) is 27.2 Å². The van der Waals surface area contributed by atoms with Crippen LogP contribution in [0.4, 0.5) is 5.69 Å². The number of benzene rings is 3. The summed E-state index contributed by atoms with van der Waals surface area (Å²) in [4.78, 5) is 24.3. The molecule has 2 N–H and O–H groups in total. The number of anilines is 1. The van der Waals surface area contributed by atoms with Crippen molar-refractivity contribution in [3.8, 4) is 5.75 Å². The van der Waals surface area contributed by atoms with Gasteiger partial charge in [0.15, 0.2) is 0 Å². The van der Waals surface area contributed by atoms with Crippen molar-refractivity contribution in [2.24, 2.45) is 5.10 Å². The van der Waals surface area contributed by atoms with Crippen LogP contribution in [0.2, 0.25) is 0 Å². The second kappa shape index (κ2) is 9.69. The molecule has 3 aromatic carbocycles. The minimum absolute atomic E-state index is 0.562. The van der Waals surface area contributed by atoms with E-state index in [-0.39, 0.29) is 0 Å². The Balaban J connectivity index is 1.73. The highest BCUT2D eigenvalue weighted by molar-refractivity contribution is 6.39. The molecule has 0 spiro atoms. The molecule has 154 valence electrons. The molecular weight excluding hydrogens is 378 g/mol. The summed E-state index contributed by atoms with van der Waals surface area (Å²) in [6.45, 7) is 6.53. The number of rotatable bonds is 6. The number of hydrogen-bond donors (Lipinski definition) is 2. The maximum Gasteiger partial charge on any atom is 0.329 e. The van der Waals surface area contributed by atoms with E-state index in [4.69, 9.17) is 4.74 Å². The fourth-order valence-electron chi connectivity index (χ4n) is 2.96. The molecule has 0 unspecified atom stereocenters. The van der Waals surface area contributed by atoms with E-state index in [9.17, 15) is 9.59 Å². The molecule has 2 amide bonds. The van der Waals surface area contributed by atoms with E-state index in [0.29, 0.717) is 18.0 Å². The molecule has 6 nitrogen and oxygen atoms in total. The van der Waals surface area contributed by atoms with Gasteiger partial charge in [0, 0.05) is 11.3 Å². The summed E-state index contributed by atoms with van der Waals surface area (Å²) < 4.78 is 5.82. The monoisotopic (exact) mass is 403 g/mol. The lowest BCUT2D eigenvalue weighted by molar-refractivity contribution is -0.136. The Morgan fingerprint density at radius 2 is 1.80 bits per heavy atom. The van der Waals surface area contributed by atoms with Gasteiger partial charge in [-0.1, -0.05) is 43.3 Å². The summed E-state index contributed by atoms with van der Waals surface area (Å²) >= 11 is 0. The fraction of sp³-hybridized carbons (Fsp3) is 0.208. The zero-order chi connectivity index (χ0) is 21.5. The predicted molar refractivity (Wildman–Crippen MR) is 120 cm³/mol. The average molecular weight is 403 g/mol. The number of nitrogens with one attached hydrogen (secondary N) is 2. The second-order valence-electron chi connectivity index (χ2n) is 7.00. The molecule has 0 aliphatic heterocycles. The van der Waals surface area contributed by atoms with Crippen LogP contribution in [0.1, 0.15) is 30.0 Å². The molecule has 6 heteroatoms. The number of aryl methyl sites for hydroxylation is 2. The third kappa shape index (κ3) is 5.03. The molecule has 0 bridgehead atoms. The van der Waals surface area contributed by atoms with Gasteiger partial charge >= 0.3 is 11.8 Å². The molecule has 0 aliphatic carbocycles. The summed E-state index contributed by atoms with van der Waals surface area (Å²) in [5, 5.41) is 8.54. The lowest BCUT2D eigenvalue weighted by atomic mass is 10.0. The van der Waals surface area contributed by atoms with Crippen molar-refractivity contribution in [3.63, 3.8) is 0 Å². The number of carbonyl (C=O) groups is 2. The predicted octanol–water partition coefficient (Wildman–Crippen LogP) is 4.33. The van der Waals surface area contributed by atoms with E-state index < -0.39 is 11.8 Å².